The predicted octanol–water partition coefficient (Wildman–Crippen LogP) is 3.24. The number of imidazole rings is 1. The summed E-state index contributed by atoms with van der Waals surface area (Å²) in [6.45, 7) is 4.13. The molecule has 2 aromatic carbocycles. The maximum absolute atomic E-state index is 12.8. The summed E-state index contributed by atoms with van der Waals surface area (Å²) >= 11 is 0. The van der Waals surface area contributed by atoms with Crippen molar-refractivity contribution in [2.45, 2.75) is 24.7 Å². The Hall–Kier alpha value is -3.33. The fourth-order valence-electron chi connectivity index (χ4n) is 3.14. The molecule has 0 radical (unpaired) electrons. The maximum atomic E-state index is 12.8. The third-order valence-electron chi connectivity index (χ3n) is 4.66. The minimum Gasteiger partial charge on any atom is -0.408 e. The van der Waals surface area contributed by atoms with E-state index in [2.05, 4.69) is 23.6 Å². The number of fused-ring (bicyclic) bond motifs is 1. The lowest BCUT2D eigenvalue weighted by molar-refractivity contribution is 0.528. The minimum absolute atomic E-state index is 0.0437. The molecule has 0 fully saturated rings. The Morgan fingerprint density at radius 1 is 1.10 bits per heavy atom. The van der Waals surface area contributed by atoms with Crippen LogP contribution in [0.5, 0.6) is 0 Å². The van der Waals surface area contributed by atoms with Crippen LogP contribution in [0.15, 0.2) is 69.0 Å². The van der Waals surface area contributed by atoms with Crippen molar-refractivity contribution in [1.82, 2.24) is 14.1 Å². The number of aryl methyl sites for hydroxylation is 1. The van der Waals surface area contributed by atoms with E-state index in [-0.39, 0.29) is 10.8 Å². The summed E-state index contributed by atoms with van der Waals surface area (Å²) in [5.74, 6) is 0.646. The smallest absolute Gasteiger partial charge is 0.408 e. The van der Waals surface area contributed by atoms with Crippen molar-refractivity contribution >= 4 is 26.8 Å². The second-order valence-corrected chi connectivity index (χ2v) is 8.70. The Labute approximate surface area is 167 Å². The number of aromatic nitrogens is 3. The van der Waals surface area contributed by atoms with Gasteiger partial charge in [0, 0.05) is 36.7 Å². The molecule has 0 aliphatic heterocycles. The van der Waals surface area contributed by atoms with Crippen molar-refractivity contribution in [2.75, 3.05) is 4.72 Å². The van der Waals surface area contributed by atoms with Gasteiger partial charge in [0.1, 0.15) is 5.82 Å². The summed E-state index contributed by atoms with van der Waals surface area (Å²) in [5.41, 5.74) is 2.07. The number of rotatable bonds is 5. The summed E-state index contributed by atoms with van der Waals surface area (Å²) < 4.78 is 36.4. The van der Waals surface area contributed by atoms with Gasteiger partial charge >= 0.3 is 5.76 Å². The molecule has 1 N–H and O–H groups in total. The van der Waals surface area contributed by atoms with E-state index in [9.17, 15) is 13.2 Å². The number of nitrogens with zero attached hydrogens (tertiary/aromatic N) is 3. The molecule has 4 aromatic rings. The number of hydrogen-bond donors (Lipinski definition) is 1. The number of nitrogens with one attached hydrogen (secondary N) is 1. The molecular formula is C20H20N4O4S. The molecule has 0 aliphatic carbocycles. The second-order valence-electron chi connectivity index (χ2n) is 7.02. The monoisotopic (exact) mass is 412 g/mol. The van der Waals surface area contributed by atoms with E-state index in [4.69, 9.17) is 4.42 Å². The van der Waals surface area contributed by atoms with Crippen LogP contribution in [-0.4, -0.2) is 22.5 Å². The van der Waals surface area contributed by atoms with Crippen molar-refractivity contribution in [3.05, 3.63) is 71.2 Å². The van der Waals surface area contributed by atoms with Gasteiger partial charge in [-0.3, -0.25) is 9.29 Å². The minimum atomic E-state index is -3.83. The van der Waals surface area contributed by atoms with Crippen LogP contribution in [0.1, 0.15) is 25.6 Å². The van der Waals surface area contributed by atoms with Gasteiger partial charge in [-0.05, 0) is 42.5 Å². The molecule has 0 atom stereocenters. The van der Waals surface area contributed by atoms with Gasteiger partial charge in [0.05, 0.1) is 10.4 Å². The Balaban J connectivity index is 1.62. The highest BCUT2D eigenvalue weighted by molar-refractivity contribution is 7.92. The Kier molecular flexibility index (Phi) is 4.54. The lowest BCUT2D eigenvalue weighted by atomic mass is 10.2. The molecule has 0 amide bonds. The van der Waals surface area contributed by atoms with E-state index in [1.807, 2.05) is 22.9 Å². The number of sulfonamides is 1. The lowest BCUT2D eigenvalue weighted by Gasteiger charge is -2.12. The van der Waals surface area contributed by atoms with Crippen LogP contribution in [0, 0.1) is 0 Å². The molecule has 4 rings (SSSR count). The summed E-state index contributed by atoms with van der Waals surface area (Å²) in [6, 6.07) is 11.3. The highest BCUT2D eigenvalue weighted by atomic mass is 32.2. The second kappa shape index (κ2) is 6.93. The van der Waals surface area contributed by atoms with Crippen molar-refractivity contribution in [3.8, 4) is 5.69 Å². The largest absolute Gasteiger partial charge is 0.419 e. The zero-order valence-corrected chi connectivity index (χ0v) is 17.0. The van der Waals surface area contributed by atoms with Crippen LogP contribution in [0.2, 0.25) is 0 Å². The molecule has 150 valence electrons. The van der Waals surface area contributed by atoms with Crippen LogP contribution in [-0.2, 0) is 17.1 Å². The van der Waals surface area contributed by atoms with Crippen LogP contribution < -0.4 is 10.5 Å². The summed E-state index contributed by atoms with van der Waals surface area (Å²) in [6.07, 6.45) is 3.62. The molecular weight excluding hydrogens is 392 g/mol. The zero-order chi connectivity index (χ0) is 20.8. The van der Waals surface area contributed by atoms with E-state index in [0.717, 1.165) is 11.5 Å². The molecule has 0 unspecified atom stereocenters. The quantitative estimate of drug-likeness (QED) is 0.542. The summed E-state index contributed by atoms with van der Waals surface area (Å²) in [7, 11) is -2.30. The Morgan fingerprint density at radius 2 is 1.83 bits per heavy atom. The zero-order valence-electron chi connectivity index (χ0n) is 16.2. The van der Waals surface area contributed by atoms with Gasteiger partial charge < -0.3 is 8.98 Å². The molecule has 2 heterocycles. The molecule has 9 heteroatoms. The Bertz CT molecular complexity index is 1350. The molecule has 8 nitrogen and oxygen atoms in total. The van der Waals surface area contributed by atoms with Gasteiger partial charge in [-0.1, -0.05) is 13.8 Å². The molecule has 0 spiro atoms. The van der Waals surface area contributed by atoms with Gasteiger partial charge in [-0.25, -0.2) is 18.2 Å². The topological polar surface area (TPSA) is 99.1 Å². The fraction of sp³-hybridized carbons (Fsp3) is 0.200. The highest BCUT2D eigenvalue weighted by Crippen LogP contribution is 2.23. The number of anilines is 1. The van der Waals surface area contributed by atoms with Gasteiger partial charge in [0.25, 0.3) is 10.0 Å². The van der Waals surface area contributed by atoms with E-state index in [1.54, 1.807) is 18.3 Å². The number of benzene rings is 2. The molecule has 0 bridgehead atoms. The average Bonchev–Trinajstić information content (AvgIpc) is 3.27. The average molecular weight is 412 g/mol. The first-order valence-electron chi connectivity index (χ1n) is 9.02. The van der Waals surface area contributed by atoms with Gasteiger partial charge in [-0.2, -0.15) is 0 Å². The van der Waals surface area contributed by atoms with E-state index >= 15 is 0 Å². The van der Waals surface area contributed by atoms with Crippen LogP contribution in [0.25, 0.3) is 16.8 Å². The van der Waals surface area contributed by atoms with Crippen molar-refractivity contribution in [1.29, 1.82) is 0 Å². The molecule has 2 aromatic heterocycles. The first kappa shape index (κ1) is 19.0. The molecule has 0 aliphatic rings. The molecule has 0 saturated heterocycles. The first-order chi connectivity index (χ1) is 13.8. The molecule has 0 saturated carbocycles. The molecule has 29 heavy (non-hydrogen) atoms. The third-order valence-corrected chi connectivity index (χ3v) is 6.04. The SMILES string of the molecule is CC(C)c1nccn1-c1ccc(NS(=O)(=O)c2ccc3oc(=O)n(C)c3c2)cc1. The van der Waals surface area contributed by atoms with Crippen molar-refractivity contribution in [3.63, 3.8) is 0 Å². The number of oxazole rings is 1. The third kappa shape index (κ3) is 3.44. The van der Waals surface area contributed by atoms with Crippen molar-refractivity contribution < 1.29 is 12.8 Å². The standard InChI is InChI=1S/C20H20N4O4S/c1-13(2)19-21-10-11-24(19)15-6-4-14(5-7-15)22-29(26,27)16-8-9-18-17(12-16)23(3)20(25)28-18/h4-13,22H,1-3H3. The maximum Gasteiger partial charge on any atom is 0.419 e. The van der Waals surface area contributed by atoms with Crippen molar-refractivity contribution in [2.24, 2.45) is 7.05 Å². The predicted molar refractivity (Wildman–Crippen MR) is 110 cm³/mol. The van der Waals surface area contributed by atoms with Crippen LogP contribution in [0.3, 0.4) is 0 Å². The van der Waals surface area contributed by atoms with E-state index < -0.39 is 15.8 Å². The first-order valence-corrected chi connectivity index (χ1v) is 10.5. The highest BCUT2D eigenvalue weighted by Gasteiger charge is 2.17. The summed E-state index contributed by atoms with van der Waals surface area (Å²) in [4.78, 5) is 16.0. The van der Waals surface area contributed by atoms with Crippen LogP contribution >= 0.6 is 0 Å². The normalized spacial score (nSPS) is 12.0. The van der Waals surface area contributed by atoms with Crippen LogP contribution in [0.4, 0.5) is 5.69 Å². The number of hydrogen-bond acceptors (Lipinski definition) is 5. The Morgan fingerprint density at radius 3 is 2.52 bits per heavy atom. The fourth-order valence-corrected chi connectivity index (χ4v) is 4.22. The lowest BCUT2D eigenvalue weighted by Crippen LogP contribution is -2.13. The van der Waals surface area contributed by atoms with Gasteiger partial charge in [0.15, 0.2) is 5.58 Å². The van der Waals surface area contributed by atoms with E-state index in [0.29, 0.717) is 16.8 Å². The van der Waals surface area contributed by atoms with Gasteiger partial charge in [-0.15, -0.1) is 0 Å². The van der Waals surface area contributed by atoms with E-state index in [1.165, 1.54) is 29.8 Å². The van der Waals surface area contributed by atoms with Gasteiger partial charge in [0.2, 0.25) is 0 Å². The summed E-state index contributed by atoms with van der Waals surface area (Å²) in [5, 5.41) is 0.